The number of benzene rings is 1. The van der Waals surface area contributed by atoms with E-state index in [1.807, 2.05) is 24.3 Å². The number of aliphatic hydroxyl groups excluding tert-OH is 1. The molecule has 0 aliphatic heterocycles. The molecule has 2 aromatic heterocycles. The Bertz CT molecular complexity index is 697. The lowest BCUT2D eigenvalue weighted by molar-refractivity contribution is 0.311. The maximum atomic E-state index is 8.79. The summed E-state index contributed by atoms with van der Waals surface area (Å²) in [6, 6.07) is 9.72. The molecule has 2 heterocycles. The first kappa shape index (κ1) is 13.8. The lowest BCUT2D eigenvalue weighted by Crippen LogP contribution is -2.07. The van der Waals surface area contributed by atoms with Gasteiger partial charge in [-0.3, -0.25) is 0 Å². The first-order valence-corrected chi connectivity index (χ1v) is 7.58. The van der Waals surface area contributed by atoms with Crippen LogP contribution in [0.15, 0.2) is 41.7 Å². The van der Waals surface area contributed by atoms with Crippen LogP contribution in [-0.4, -0.2) is 38.2 Å². The van der Waals surface area contributed by atoms with Crippen LogP contribution in [0.3, 0.4) is 0 Å². The van der Waals surface area contributed by atoms with Gasteiger partial charge in [-0.25, -0.2) is 15.0 Å². The fourth-order valence-corrected chi connectivity index (χ4v) is 2.60. The second-order valence-corrected chi connectivity index (χ2v) is 5.31. The molecule has 0 bridgehead atoms. The van der Waals surface area contributed by atoms with Gasteiger partial charge in [0.05, 0.1) is 23.4 Å². The number of nitrogens with one attached hydrogen (secondary N) is 2. The standard InChI is InChI=1S/C14H15N5OS/c20-8-7-15-12-5-6-16-14(19-12)21-9-13-17-10-3-1-2-4-11(10)18-13/h1-6,20H,7-9H2,(H,17,18)(H,15,16,19). The van der Waals surface area contributed by atoms with Crippen molar-refractivity contribution in [3.63, 3.8) is 0 Å². The molecule has 108 valence electrons. The van der Waals surface area contributed by atoms with Gasteiger partial charge in [0.15, 0.2) is 5.16 Å². The van der Waals surface area contributed by atoms with E-state index < -0.39 is 0 Å². The van der Waals surface area contributed by atoms with E-state index in [-0.39, 0.29) is 6.61 Å². The predicted octanol–water partition coefficient (Wildman–Crippen LogP) is 2.05. The monoisotopic (exact) mass is 301 g/mol. The number of hydrogen-bond donors (Lipinski definition) is 3. The second-order valence-electron chi connectivity index (χ2n) is 4.36. The summed E-state index contributed by atoms with van der Waals surface area (Å²) >= 11 is 1.52. The molecule has 0 unspecified atom stereocenters. The molecule has 0 amide bonds. The Hall–Kier alpha value is -2.12. The average molecular weight is 301 g/mol. The highest BCUT2D eigenvalue weighted by molar-refractivity contribution is 7.98. The Morgan fingerprint density at radius 1 is 1.19 bits per heavy atom. The average Bonchev–Trinajstić information content (AvgIpc) is 2.94. The van der Waals surface area contributed by atoms with Gasteiger partial charge in [-0.05, 0) is 18.2 Å². The van der Waals surface area contributed by atoms with Crippen LogP contribution in [-0.2, 0) is 5.75 Å². The molecule has 6 nitrogen and oxygen atoms in total. The summed E-state index contributed by atoms with van der Waals surface area (Å²) in [5.74, 6) is 2.29. The molecule has 0 spiro atoms. The number of H-pyrrole nitrogens is 1. The Kier molecular flexibility index (Phi) is 4.32. The first-order chi connectivity index (χ1) is 10.3. The Balaban J connectivity index is 1.66. The number of thioether (sulfide) groups is 1. The third kappa shape index (κ3) is 3.50. The van der Waals surface area contributed by atoms with Crippen molar-refractivity contribution in [3.8, 4) is 0 Å². The summed E-state index contributed by atoms with van der Waals surface area (Å²) in [7, 11) is 0. The van der Waals surface area contributed by atoms with Crippen molar-refractivity contribution in [2.45, 2.75) is 10.9 Å². The number of imidazole rings is 1. The molecule has 3 N–H and O–H groups in total. The van der Waals surface area contributed by atoms with Crippen molar-refractivity contribution < 1.29 is 5.11 Å². The van der Waals surface area contributed by atoms with Gasteiger partial charge in [0.2, 0.25) is 0 Å². The molecule has 7 heteroatoms. The van der Waals surface area contributed by atoms with Gasteiger partial charge >= 0.3 is 0 Å². The van der Waals surface area contributed by atoms with E-state index in [4.69, 9.17) is 5.11 Å². The first-order valence-electron chi connectivity index (χ1n) is 6.59. The van der Waals surface area contributed by atoms with Crippen LogP contribution in [0.5, 0.6) is 0 Å². The van der Waals surface area contributed by atoms with Crippen molar-refractivity contribution in [2.75, 3.05) is 18.5 Å². The molecular formula is C14H15N5OS. The molecular weight excluding hydrogens is 286 g/mol. The highest BCUT2D eigenvalue weighted by atomic mass is 32.2. The summed E-state index contributed by atoms with van der Waals surface area (Å²) in [6.45, 7) is 0.552. The third-order valence-corrected chi connectivity index (χ3v) is 3.70. The number of hydrogen-bond acceptors (Lipinski definition) is 6. The van der Waals surface area contributed by atoms with Gasteiger partial charge in [-0.1, -0.05) is 23.9 Å². The molecule has 0 atom stereocenters. The zero-order valence-corrected chi connectivity index (χ0v) is 12.1. The number of aromatic nitrogens is 4. The summed E-state index contributed by atoms with van der Waals surface area (Å²) in [5, 5.41) is 12.5. The number of nitrogens with zero attached hydrogens (tertiary/aromatic N) is 3. The van der Waals surface area contributed by atoms with Gasteiger partial charge < -0.3 is 15.4 Å². The van der Waals surface area contributed by atoms with Crippen molar-refractivity contribution in [1.29, 1.82) is 0 Å². The second kappa shape index (κ2) is 6.55. The van der Waals surface area contributed by atoms with E-state index in [1.165, 1.54) is 11.8 Å². The highest BCUT2D eigenvalue weighted by Crippen LogP contribution is 2.20. The summed E-state index contributed by atoms with van der Waals surface area (Å²) < 4.78 is 0. The maximum absolute atomic E-state index is 8.79. The largest absolute Gasteiger partial charge is 0.395 e. The number of aliphatic hydroxyl groups is 1. The number of fused-ring (bicyclic) bond motifs is 1. The van der Waals surface area contributed by atoms with Crippen LogP contribution >= 0.6 is 11.8 Å². The minimum atomic E-state index is 0.0749. The van der Waals surface area contributed by atoms with Gasteiger partial charge in [-0.2, -0.15) is 0 Å². The van der Waals surface area contributed by atoms with Gasteiger partial charge in [0.25, 0.3) is 0 Å². The van der Waals surface area contributed by atoms with Gasteiger partial charge in [0, 0.05) is 12.7 Å². The summed E-state index contributed by atoms with van der Waals surface area (Å²) in [5.41, 5.74) is 2.00. The van der Waals surface area contributed by atoms with Crippen molar-refractivity contribution in [1.82, 2.24) is 19.9 Å². The molecule has 0 fully saturated rings. The quantitative estimate of drug-likeness (QED) is 0.477. The minimum Gasteiger partial charge on any atom is -0.395 e. The molecule has 0 saturated carbocycles. The molecule has 0 radical (unpaired) electrons. The highest BCUT2D eigenvalue weighted by Gasteiger charge is 2.05. The molecule has 1 aromatic carbocycles. The van der Waals surface area contributed by atoms with E-state index in [1.54, 1.807) is 12.3 Å². The van der Waals surface area contributed by atoms with Crippen LogP contribution in [0, 0.1) is 0 Å². The molecule has 21 heavy (non-hydrogen) atoms. The molecule has 0 saturated heterocycles. The zero-order valence-electron chi connectivity index (χ0n) is 11.3. The topological polar surface area (TPSA) is 86.7 Å². The fourth-order valence-electron chi connectivity index (χ4n) is 1.90. The van der Waals surface area contributed by atoms with Crippen LogP contribution in [0.4, 0.5) is 5.82 Å². The molecule has 3 aromatic rings. The Morgan fingerprint density at radius 3 is 2.95 bits per heavy atom. The van der Waals surface area contributed by atoms with E-state index in [0.29, 0.717) is 23.3 Å². The Labute approximate surface area is 126 Å². The van der Waals surface area contributed by atoms with Crippen molar-refractivity contribution in [3.05, 3.63) is 42.4 Å². The predicted molar refractivity (Wildman–Crippen MR) is 83.3 cm³/mol. The smallest absolute Gasteiger partial charge is 0.189 e. The lowest BCUT2D eigenvalue weighted by Gasteiger charge is -2.04. The zero-order chi connectivity index (χ0) is 14.5. The van der Waals surface area contributed by atoms with Crippen LogP contribution in [0.1, 0.15) is 5.82 Å². The van der Waals surface area contributed by atoms with Crippen LogP contribution in [0.2, 0.25) is 0 Å². The van der Waals surface area contributed by atoms with Crippen LogP contribution < -0.4 is 5.32 Å². The van der Waals surface area contributed by atoms with Crippen LogP contribution in [0.25, 0.3) is 11.0 Å². The normalized spacial score (nSPS) is 10.9. The van der Waals surface area contributed by atoms with E-state index in [0.717, 1.165) is 16.9 Å². The number of rotatable bonds is 6. The summed E-state index contributed by atoms with van der Waals surface area (Å²) in [6.07, 6.45) is 1.70. The number of anilines is 1. The number of aromatic amines is 1. The third-order valence-electron chi connectivity index (χ3n) is 2.83. The summed E-state index contributed by atoms with van der Waals surface area (Å²) in [4.78, 5) is 16.4. The SMILES string of the molecule is OCCNc1ccnc(SCc2nc3ccccc3[nH]2)n1. The van der Waals surface area contributed by atoms with Crippen molar-refractivity contribution >= 4 is 28.6 Å². The molecule has 3 rings (SSSR count). The number of para-hydroxylation sites is 2. The van der Waals surface area contributed by atoms with E-state index in [9.17, 15) is 0 Å². The van der Waals surface area contributed by atoms with E-state index >= 15 is 0 Å². The van der Waals surface area contributed by atoms with Crippen molar-refractivity contribution in [2.24, 2.45) is 0 Å². The van der Waals surface area contributed by atoms with E-state index in [2.05, 4.69) is 25.3 Å². The lowest BCUT2D eigenvalue weighted by atomic mass is 10.3. The fraction of sp³-hybridized carbons (Fsp3) is 0.214. The Morgan fingerprint density at radius 2 is 2.10 bits per heavy atom. The van der Waals surface area contributed by atoms with Gasteiger partial charge in [-0.15, -0.1) is 0 Å². The van der Waals surface area contributed by atoms with Gasteiger partial charge in [0.1, 0.15) is 11.6 Å². The maximum Gasteiger partial charge on any atom is 0.189 e. The molecule has 0 aliphatic rings. The molecule has 0 aliphatic carbocycles. The minimum absolute atomic E-state index is 0.0749.